The number of aliphatic hydroxyl groups is 1. The fourth-order valence-corrected chi connectivity index (χ4v) is 2.36. The number of aromatic nitrogens is 1. The molecule has 2 unspecified atom stereocenters. The Balaban J connectivity index is 1.71. The summed E-state index contributed by atoms with van der Waals surface area (Å²) in [5, 5.41) is 12.4. The van der Waals surface area contributed by atoms with Crippen LogP contribution in [-0.4, -0.2) is 46.6 Å². The lowest BCUT2D eigenvalue weighted by molar-refractivity contribution is -0.122. The van der Waals surface area contributed by atoms with Gasteiger partial charge < -0.3 is 10.4 Å². The summed E-state index contributed by atoms with van der Waals surface area (Å²) in [5.41, 5.74) is 0.999. The molecule has 1 aliphatic heterocycles. The Bertz CT molecular complexity index is 408. The van der Waals surface area contributed by atoms with Gasteiger partial charge in [-0.3, -0.25) is 14.7 Å². The van der Waals surface area contributed by atoms with E-state index in [9.17, 15) is 9.90 Å². The molecule has 0 aliphatic carbocycles. The van der Waals surface area contributed by atoms with Gasteiger partial charge in [0.1, 0.15) is 0 Å². The first-order chi connectivity index (χ1) is 9.15. The van der Waals surface area contributed by atoms with E-state index in [4.69, 9.17) is 0 Å². The molecule has 1 aliphatic rings. The highest BCUT2D eigenvalue weighted by Crippen LogP contribution is 2.18. The maximum atomic E-state index is 11.8. The van der Waals surface area contributed by atoms with Crippen molar-refractivity contribution in [1.29, 1.82) is 0 Å². The molecule has 1 amide bonds. The van der Waals surface area contributed by atoms with E-state index < -0.39 is 0 Å². The quantitative estimate of drug-likeness (QED) is 0.807. The summed E-state index contributed by atoms with van der Waals surface area (Å²) >= 11 is 0. The van der Waals surface area contributed by atoms with Gasteiger partial charge in [0.2, 0.25) is 5.91 Å². The second-order valence-corrected chi connectivity index (χ2v) is 5.16. The van der Waals surface area contributed by atoms with Gasteiger partial charge in [0.25, 0.3) is 0 Å². The van der Waals surface area contributed by atoms with Crippen LogP contribution >= 0.6 is 0 Å². The number of amides is 1. The molecule has 0 aromatic carbocycles. The molecule has 0 radical (unpaired) electrons. The van der Waals surface area contributed by atoms with E-state index in [2.05, 4.69) is 15.2 Å². The molecule has 5 heteroatoms. The van der Waals surface area contributed by atoms with Gasteiger partial charge in [-0.15, -0.1) is 0 Å². The van der Waals surface area contributed by atoms with Gasteiger partial charge in [-0.25, -0.2) is 0 Å². The molecular formula is C14H21N3O2. The van der Waals surface area contributed by atoms with Crippen LogP contribution in [0.2, 0.25) is 0 Å². The van der Waals surface area contributed by atoms with Crippen molar-refractivity contribution >= 4 is 5.91 Å². The molecule has 1 fully saturated rings. The largest absolute Gasteiger partial charge is 0.393 e. The number of hydrogen-bond acceptors (Lipinski definition) is 4. The lowest BCUT2D eigenvalue weighted by atomic mass is 10.0. The van der Waals surface area contributed by atoms with Crippen molar-refractivity contribution in [3.63, 3.8) is 0 Å². The zero-order chi connectivity index (χ0) is 13.7. The third kappa shape index (κ3) is 4.29. The summed E-state index contributed by atoms with van der Waals surface area (Å²) in [6.45, 7) is 4.42. The number of nitrogens with one attached hydrogen (secondary N) is 1. The third-order valence-corrected chi connectivity index (χ3v) is 3.57. The van der Waals surface area contributed by atoms with Crippen molar-refractivity contribution in [1.82, 2.24) is 15.2 Å². The smallest absolute Gasteiger partial charge is 0.234 e. The van der Waals surface area contributed by atoms with Crippen molar-refractivity contribution in [2.75, 3.05) is 19.6 Å². The van der Waals surface area contributed by atoms with E-state index in [1.165, 1.54) is 0 Å². The molecule has 5 nitrogen and oxygen atoms in total. The van der Waals surface area contributed by atoms with Gasteiger partial charge in [0, 0.05) is 25.5 Å². The number of pyridine rings is 1. The van der Waals surface area contributed by atoms with Crippen LogP contribution in [-0.2, 0) is 11.3 Å². The van der Waals surface area contributed by atoms with E-state index in [1.807, 2.05) is 19.1 Å². The Morgan fingerprint density at radius 2 is 2.53 bits per heavy atom. The van der Waals surface area contributed by atoms with Crippen molar-refractivity contribution in [2.45, 2.75) is 26.0 Å². The van der Waals surface area contributed by atoms with Gasteiger partial charge >= 0.3 is 0 Å². The topological polar surface area (TPSA) is 65.5 Å². The SMILES string of the molecule is CC(O)C1CCN(CC(=O)NCc2cccnc2)C1. The van der Waals surface area contributed by atoms with Crippen molar-refractivity contribution in [2.24, 2.45) is 5.92 Å². The molecule has 0 bridgehead atoms. The molecule has 0 spiro atoms. The number of carbonyl (C=O) groups excluding carboxylic acids is 1. The molecule has 104 valence electrons. The number of hydrogen-bond donors (Lipinski definition) is 2. The summed E-state index contributed by atoms with van der Waals surface area (Å²) in [4.78, 5) is 17.9. The predicted molar refractivity (Wildman–Crippen MR) is 72.3 cm³/mol. The first kappa shape index (κ1) is 14.0. The second kappa shape index (κ2) is 6.63. The maximum Gasteiger partial charge on any atom is 0.234 e. The number of aliphatic hydroxyl groups excluding tert-OH is 1. The average molecular weight is 263 g/mol. The second-order valence-electron chi connectivity index (χ2n) is 5.16. The van der Waals surface area contributed by atoms with Gasteiger partial charge in [0.15, 0.2) is 0 Å². The predicted octanol–water partition coefficient (Wildman–Crippen LogP) is 0.400. The number of rotatable bonds is 5. The highest BCUT2D eigenvalue weighted by atomic mass is 16.3. The standard InChI is InChI=1S/C14H21N3O2/c1-11(18)13-4-6-17(9-13)10-14(19)16-8-12-3-2-5-15-7-12/h2-3,5,7,11,13,18H,4,6,8-10H2,1H3,(H,16,19). The van der Waals surface area contributed by atoms with E-state index in [0.717, 1.165) is 25.1 Å². The van der Waals surface area contributed by atoms with Crippen LogP contribution in [0, 0.1) is 5.92 Å². The third-order valence-electron chi connectivity index (χ3n) is 3.57. The van der Waals surface area contributed by atoms with Crippen molar-refractivity contribution in [3.05, 3.63) is 30.1 Å². The molecule has 2 atom stereocenters. The van der Waals surface area contributed by atoms with Crippen LogP contribution in [0.15, 0.2) is 24.5 Å². The monoisotopic (exact) mass is 263 g/mol. The summed E-state index contributed by atoms with van der Waals surface area (Å²) in [5.74, 6) is 0.321. The molecule has 1 aromatic heterocycles. The van der Waals surface area contributed by atoms with Crippen LogP contribution in [0.3, 0.4) is 0 Å². The lowest BCUT2D eigenvalue weighted by Gasteiger charge is -2.16. The van der Waals surface area contributed by atoms with E-state index in [-0.39, 0.29) is 12.0 Å². The molecule has 1 aromatic rings. The van der Waals surface area contributed by atoms with Crippen LogP contribution in [0.4, 0.5) is 0 Å². The summed E-state index contributed by atoms with van der Waals surface area (Å²) in [6, 6.07) is 3.79. The fraction of sp³-hybridized carbons (Fsp3) is 0.571. The van der Waals surface area contributed by atoms with E-state index >= 15 is 0 Å². The number of nitrogens with zero attached hydrogens (tertiary/aromatic N) is 2. The number of likely N-dealkylation sites (tertiary alicyclic amines) is 1. The lowest BCUT2D eigenvalue weighted by Crippen LogP contribution is -2.36. The van der Waals surface area contributed by atoms with E-state index in [0.29, 0.717) is 19.0 Å². The van der Waals surface area contributed by atoms with Crippen LogP contribution in [0.5, 0.6) is 0 Å². The zero-order valence-corrected chi connectivity index (χ0v) is 11.2. The molecule has 1 saturated heterocycles. The molecule has 2 rings (SSSR count). The van der Waals surface area contributed by atoms with Gasteiger partial charge in [-0.1, -0.05) is 6.07 Å². The summed E-state index contributed by atoms with van der Waals surface area (Å²) < 4.78 is 0. The van der Waals surface area contributed by atoms with E-state index in [1.54, 1.807) is 12.4 Å². The maximum absolute atomic E-state index is 11.8. The Kier molecular flexibility index (Phi) is 4.87. The van der Waals surface area contributed by atoms with Crippen LogP contribution in [0.25, 0.3) is 0 Å². The molecule has 2 heterocycles. The van der Waals surface area contributed by atoms with Gasteiger partial charge in [-0.2, -0.15) is 0 Å². The Morgan fingerprint density at radius 3 is 3.16 bits per heavy atom. The first-order valence-electron chi connectivity index (χ1n) is 6.71. The highest BCUT2D eigenvalue weighted by Gasteiger charge is 2.26. The van der Waals surface area contributed by atoms with Gasteiger partial charge in [-0.05, 0) is 37.4 Å². The van der Waals surface area contributed by atoms with Gasteiger partial charge in [0.05, 0.1) is 12.6 Å². The first-order valence-corrected chi connectivity index (χ1v) is 6.71. The van der Waals surface area contributed by atoms with Crippen LogP contribution in [0.1, 0.15) is 18.9 Å². The molecule has 2 N–H and O–H groups in total. The molecule has 19 heavy (non-hydrogen) atoms. The Labute approximate surface area is 113 Å². The summed E-state index contributed by atoms with van der Waals surface area (Å²) in [7, 11) is 0. The van der Waals surface area contributed by atoms with Crippen LogP contribution < -0.4 is 5.32 Å². The number of carbonyl (C=O) groups is 1. The van der Waals surface area contributed by atoms with Crippen molar-refractivity contribution in [3.8, 4) is 0 Å². The minimum atomic E-state index is -0.288. The zero-order valence-electron chi connectivity index (χ0n) is 11.2. The molecule has 0 saturated carbocycles. The Morgan fingerprint density at radius 1 is 1.68 bits per heavy atom. The Hall–Kier alpha value is -1.46. The summed E-state index contributed by atoms with van der Waals surface area (Å²) in [6.07, 6.45) is 4.14. The fourth-order valence-electron chi connectivity index (χ4n) is 2.36. The minimum absolute atomic E-state index is 0.0232. The van der Waals surface area contributed by atoms with Crippen molar-refractivity contribution < 1.29 is 9.90 Å². The average Bonchev–Trinajstić information content (AvgIpc) is 2.86. The highest BCUT2D eigenvalue weighted by molar-refractivity contribution is 5.78. The normalized spacial score (nSPS) is 21.3. The molecular weight excluding hydrogens is 242 g/mol. The minimum Gasteiger partial charge on any atom is -0.393 e.